The third-order valence-corrected chi connectivity index (χ3v) is 2.54. The first-order chi connectivity index (χ1) is 8.56. The smallest absolute Gasteiger partial charge is 0.159 e. The molecule has 0 aliphatic rings. The van der Waals surface area contributed by atoms with Gasteiger partial charge in [0.2, 0.25) is 0 Å². The second kappa shape index (κ2) is 5.00. The molecule has 1 heterocycles. The molecule has 0 saturated heterocycles. The van der Waals surface area contributed by atoms with E-state index >= 15 is 0 Å². The van der Waals surface area contributed by atoms with Crippen LogP contribution < -0.4 is 11.1 Å². The summed E-state index contributed by atoms with van der Waals surface area (Å²) in [5.74, 6) is -1.02. The molecular weight excluding hydrogens is 236 g/mol. The van der Waals surface area contributed by atoms with Gasteiger partial charge in [0.1, 0.15) is 5.82 Å². The zero-order chi connectivity index (χ0) is 13.1. The molecule has 2 rings (SSSR count). The van der Waals surface area contributed by atoms with Gasteiger partial charge in [-0.1, -0.05) is 6.07 Å². The largest absolute Gasteiger partial charge is 0.397 e. The van der Waals surface area contributed by atoms with Crippen LogP contribution in [0.1, 0.15) is 11.1 Å². The van der Waals surface area contributed by atoms with Gasteiger partial charge in [-0.3, -0.25) is 0 Å². The number of rotatable bonds is 3. The summed E-state index contributed by atoms with van der Waals surface area (Å²) in [4.78, 5) is 4.13. The van der Waals surface area contributed by atoms with Crippen molar-refractivity contribution in [2.75, 3.05) is 11.1 Å². The second-order valence-electron chi connectivity index (χ2n) is 4.04. The topological polar surface area (TPSA) is 50.9 Å². The number of nitrogens with one attached hydrogen (secondary N) is 1. The summed E-state index contributed by atoms with van der Waals surface area (Å²) < 4.78 is 25.8. The Labute approximate surface area is 104 Å². The fraction of sp³-hybridized carbons (Fsp3) is 0.154. The van der Waals surface area contributed by atoms with Crippen molar-refractivity contribution in [1.82, 2.24) is 4.98 Å². The number of halogens is 2. The van der Waals surface area contributed by atoms with Gasteiger partial charge in [-0.15, -0.1) is 0 Å². The number of anilines is 2. The van der Waals surface area contributed by atoms with Gasteiger partial charge in [-0.25, -0.2) is 13.8 Å². The van der Waals surface area contributed by atoms with E-state index < -0.39 is 11.6 Å². The normalized spacial score (nSPS) is 10.4. The number of aryl methyl sites for hydroxylation is 1. The summed E-state index contributed by atoms with van der Waals surface area (Å²) in [6, 6.07) is 5.59. The SMILES string of the molecule is Cc1cc(N)cnc1NCc1ccc(F)c(F)c1. The molecule has 5 heteroatoms. The highest BCUT2D eigenvalue weighted by Crippen LogP contribution is 2.15. The minimum Gasteiger partial charge on any atom is -0.397 e. The molecule has 2 aromatic rings. The van der Waals surface area contributed by atoms with Gasteiger partial charge in [0, 0.05) is 6.54 Å². The minimum atomic E-state index is -0.851. The summed E-state index contributed by atoms with van der Waals surface area (Å²) >= 11 is 0. The third kappa shape index (κ3) is 2.74. The predicted molar refractivity (Wildman–Crippen MR) is 67.1 cm³/mol. The Morgan fingerprint density at radius 2 is 2.00 bits per heavy atom. The van der Waals surface area contributed by atoms with Crippen molar-refractivity contribution in [2.24, 2.45) is 0 Å². The molecule has 0 aliphatic heterocycles. The number of pyridine rings is 1. The second-order valence-corrected chi connectivity index (χ2v) is 4.04. The third-order valence-electron chi connectivity index (χ3n) is 2.54. The van der Waals surface area contributed by atoms with E-state index in [1.54, 1.807) is 12.3 Å². The predicted octanol–water partition coefficient (Wildman–Crippen LogP) is 2.86. The van der Waals surface area contributed by atoms with Crippen molar-refractivity contribution in [2.45, 2.75) is 13.5 Å². The average molecular weight is 249 g/mol. The number of aromatic nitrogens is 1. The molecule has 0 unspecified atom stereocenters. The zero-order valence-corrected chi connectivity index (χ0v) is 9.87. The van der Waals surface area contributed by atoms with E-state index in [4.69, 9.17) is 5.73 Å². The summed E-state index contributed by atoms with van der Waals surface area (Å²) in [7, 11) is 0. The molecule has 18 heavy (non-hydrogen) atoms. The molecule has 0 aliphatic carbocycles. The first-order valence-corrected chi connectivity index (χ1v) is 5.46. The number of hydrogen-bond donors (Lipinski definition) is 2. The average Bonchev–Trinajstić information content (AvgIpc) is 2.32. The van der Waals surface area contributed by atoms with Crippen molar-refractivity contribution in [1.29, 1.82) is 0 Å². The lowest BCUT2D eigenvalue weighted by atomic mass is 10.2. The Morgan fingerprint density at radius 1 is 1.22 bits per heavy atom. The summed E-state index contributed by atoms with van der Waals surface area (Å²) in [5.41, 5.74) is 7.72. The summed E-state index contributed by atoms with van der Waals surface area (Å²) in [5, 5.41) is 3.05. The zero-order valence-electron chi connectivity index (χ0n) is 9.87. The van der Waals surface area contributed by atoms with E-state index in [-0.39, 0.29) is 0 Å². The fourth-order valence-corrected chi connectivity index (χ4v) is 1.62. The molecule has 1 aromatic carbocycles. The molecule has 0 fully saturated rings. The van der Waals surface area contributed by atoms with Crippen molar-refractivity contribution in [3.05, 3.63) is 53.2 Å². The molecule has 0 atom stereocenters. The quantitative estimate of drug-likeness (QED) is 0.879. The first-order valence-electron chi connectivity index (χ1n) is 5.46. The van der Waals surface area contributed by atoms with Gasteiger partial charge in [-0.05, 0) is 36.2 Å². The van der Waals surface area contributed by atoms with Gasteiger partial charge < -0.3 is 11.1 Å². The van der Waals surface area contributed by atoms with Crippen LogP contribution in [0.3, 0.4) is 0 Å². The van der Waals surface area contributed by atoms with Gasteiger partial charge in [0.25, 0.3) is 0 Å². The van der Waals surface area contributed by atoms with Crippen LogP contribution in [0.4, 0.5) is 20.3 Å². The Morgan fingerprint density at radius 3 is 2.67 bits per heavy atom. The maximum absolute atomic E-state index is 13.0. The number of nitrogens with zero attached hydrogens (tertiary/aromatic N) is 1. The van der Waals surface area contributed by atoms with Gasteiger partial charge in [-0.2, -0.15) is 0 Å². The van der Waals surface area contributed by atoms with Crippen LogP contribution in [0.25, 0.3) is 0 Å². The van der Waals surface area contributed by atoms with E-state index in [9.17, 15) is 8.78 Å². The molecule has 0 radical (unpaired) electrons. The highest BCUT2D eigenvalue weighted by molar-refractivity contribution is 5.51. The maximum Gasteiger partial charge on any atom is 0.159 e. The molecule has 0 amide bonds. The van der Waals surface area contributed by atoms with Crippen LogP contribution in [-0.4, -0.2) is 4.98 Å². The maximum atomic E-state index is 13.0. The van der Waals surface area contributed by atoms with Crippen LogP contribution in [0.15, 0.2) is 30.5 Å². The Balaban J connectivity index is 2.09. The number of nitrogens with two attached hydrogens (primary N) is 1. The first kappa shape index (κ1) is 12.3. The molecule has 0 bridgehead atoms. The van der Waals surface area contributed by atoms with Crippen molar-refractivity contribution in [3.63, 3.8) is 0 Å². The number of hydrogen-bond acceptors (Lipinski definition) is 3. The lowest BCUT2D eigenvalue weighted by Gasteiger charge is -2.09. The van der Waals surface area contributed by atoms with Crippen LogP contribution >= 0.6 is 0 Å². The standard InChI is InChI=1S/C13H13F2N3/c1-8-4-10(16)7-18-13(8)17-6-9-2-3-11(14)12(15)5-9/h2-5,7H,6,16H2,1H3,(H,17,18). The Kier molecular flexibility index (Phi) is 3.41. The van der Waals surface area contributed by atoms with Crippen LogP contribution in [0.5, 0.6) is 0 Å². The van der Waals surface area contributed by atoms with Crippen molar-refractivity contribution < 1.29 is 8.78 Å². The van der Waals surface area contributed by atoms with Crippen LogP contribution in [0, 0.1) is 18.6 Å². The van der Waals surface area contributed by atoms with Crippen LogP contribution in [-0.2, 0) is 6.54 Å². The summed E-state index contributed by atoms with van der Waals surface area (Å²) in [6.07, 6.45) is 1.54. The van der Waals surface area contributed by atoms with Gasteiger partial charge >= 0.3 is 0 Å². The van der Waals surface area contributed by atoms with E-state index in [1.165, 1.54) is 6.07 Å². The highest BCUT2D eigenvalue weighted by atomic mass is 19.2. The molecular formula is C13H13F2N3. The molecule has 0 saturated carbocycles. The number of nitrogen functional groups attached to an aromatic ring is 1. The highest BCUT2D eigenvalue weighted by Gasteiger charge is 2.04. The molecule has 1 aromatic heterocycles. The lowest BCUT2D eigenvalue weighted by molar-refractivity contribution is 0.507. The van der Waals surface area contributed by atoms with Crippen molar-refractivity contribution >= 4 is 11.5 Å². The molecule has 3 nitrogen and oxygen atoms in total. The number of benzene rings is 1. The van der Waals surface area contributed by atoms with Gasteiger partial charge in [0.05, 0.1) is 11.9 Å². The fourth-order valence-electron chi connectivity index (χ4n) is 1.62. The van der Waals surface area contributed by atoms with E-state index in [0.29, 0.717) is 23.6 Å². The van der Waals surface area contributed by atoms with E-state index in [2.05, 4.69) is 10.3 Å². The van der Waals surface area contributed by atoms with Gasteiger partial charge in [0.15, 0.2) is 11.6 Å². The Bertz CT molecular complexity index is 570. The lowest BCUT2D eigenvalue weighted by Crippen LogP contribution is -2.04. The van der Waals surface area contributed by atoms with E-state index in [1.807, 2.05) is 6.92 Å². The Hall–Kier alpha value is -2.17. The molecule has 0 spiro atoms. The van der Waals surface area contributed by atoms with Crippen LogP contribution in [0.2, 0.25) is 0 Å². The van der Waals surface area contributed by atoms with E-state index in [0.717, 1.165) is 17.7 Å². The minimum absolute atomic E-state index is 0.370. The molecule has 94 valence electrons. The molecule has 3 N–H and O–H groups in total. The monoisotopic (exact) mass is 249 g/mol. The summed E-state index contributed by atoms with van der Waals surface area (Å²) in [6.45, 7) is 2.24. The van der Waals surface area contributed by atoms with Crippen molar-refractivity contribution in [3.8, 4) is 0 Å².